The monoisotopic (exact) mass is 447 g/mol. The molecule has 0 unspecified atom stereocenters. The number of ketones is 1. The molecule has 0 saturated heterocycles. The van der Waals surface area contributed by atoms with Gasteiger partial charge in [-0.15, -0.1) is 11.3 Å². The van der Waals surface area contributed by atoms with Crippen LogP contribution >= 0.6 is 11.3 Å². The maximum Gasteiger partial charge on any atom is 0.348 e. The van der Waals surface area contributed by atoms with Crippen molar-refractivity contribution in [3.8, 4) is 0 Å². The number of rotatable bonds is 6. The lowest BCUT2D eigenvalue weighted by atomic mass is 10.1. The second-order valence-electron chi connectivity index (χ2n) is 7.69. The van der Waals surface area contributed by atoms with Crippen LogP contribution in [0.4, 0.5) is 5.69 Å². The van der Waals surface area contributed by atoms with E-state index in [0.717, 1.165) is 31.2 Å². The van der Waals surface area contributed by atoms with Crippen LogP contribution in [0, 0.1) is 0 Å². The molecule has 6 nitrogen and oxygen atoms in total. The minimum absolute atomic E-state index is 0.0369. The fourth-order valence-corrected chi connectivity index (χ4v) is 6.35. The van der Waals surface area contributed by atoms with Gasteiger partial charge in [0.1, 0.15) is 4.88 Å². The number of carbonyl (C=O) groups is 2. The summed E-state index contributed by atoms with van der Waals surface area (Å²) in [7, 11) is -3.32. The van der Waals surface area contributed by atoms with Crippen molar-refractivity contribution < 1.29 is 22.7 Å². The molecule has 2 aromatic rings. The number of benzene rings is 1. The number of hydrogen-bond acceptors (Lipinski definition) is 6. The molecule has 8 heteroatoms. The lowest BCUT2D eigenvalue weighted by molar-refractivity contribution is 0.0479. The summed E-state index contributed by atoms with van der Waals surface area (Å²) in [5.74, 6) is -0.709. The highest BCUT2D eigenvalue weighted by molar-refractivity contribution is 7.92. The van der Waals surface area contributed by atoms with Crippen molar-refractivity contribution in [3.63, 3.8) is 0 Å². The van der Waals surface area contributed by atoms with Gasteiger partial charge in [-0.25, -0.2) is 13.2 Å². The van der Waals surface area contributed by atoms with Gasteiger partial charge >= 0.3 is 5.97 Å². The summed E-state index contributed by atoms with van der Waals surface area (Å²) in [6.45, 7) is 1.68. The van der Waals surface area contributed by atoms with Gasteiger partial charge < -0.3 is 4.74 Å². The Morgan fingerprint density at radius 2 is 1.87 bits per heavy atom. The molecule has 0 bridgehead atoms. The third-order valence-corrected chi connectivity index (χ3v) is 8.73. The molecule has 160 valence electrons. The first-order chi connectivity index (χ1) is 14.4. The zero-order valence-corrected chi connectivity index (χ0v) is 18.6. The van der Waals surface area contributed by atoms with Crippen molar-refractivity contribution in [1.82, 2.24) is 0 Å². The highest BCUT2D eigenvalue weighted by Gasteiger charge is 2.28. The van der Waals surface area contributed by atoms with Crippen LogP contribution in [0.1, 0.15) is 62.2 Å². The molecular weight excluding hydrogens is 422 g/mol. The Balaban J connectivity index is 1.41. The molecule has 1 aromatic carbocycles. The number of anilines is 1. The molecule has 1 aromatic heterocycles. The maximum atomic E-state index is 12.5. The standard InChI is InChI=1S/C22H25NO5S2/c1-2-30(26,27)23-11-10-15-12-16(8-9-18(15)23)19(24)14-28-22(25)21-13-17-6-4-3-5-7-20(17)29-21/h8-9,12-13H,2-7,10-11,14H2,1H3. The van der Waals surface area contributed by atoms with Crippen molar-refractivity contribution in [2.24, 2.45) is 0 Å². The Bertz CT molecular complexity index is 1060. The smallest absolute Gasteiger partial charge is 0.348 e. The van der Waals surface area contributed by atoms with E-state index in [2.05, 4.69) is 0 Å². The van der Waals surface area contributed by atoms with Gasteiger partial charge in [0.15, 0.2) is 12.4 Å². The summed E-state index contributed by atoms with van der Waals surface area (Å²) in [6.07, 6.45) is 6.08. The third-order valence-electron chi connectivity index (χ3n) is 5.74. The third kappa shape index (κ3) is 4.16. The van der Waals surface area contributed by atoms with Gasteiger partial charge in [0.05, 0.1) is 11.4 Å². The number of esters is 1. The van der Waals surface area contributed by atoms with Crippen LogP contribution in [0.5, 0.6) is 0 Å². The van der Waals surface area contributed by atoms with Gasteiger partial charge in [-0.2, -0.15) is 0 Å². The molecule has 0 atom stereocenters. The van der Waals surface area contributed by atoms with Gasteiger partial charge in [-0.05, 0) is 74.4 Å². The molecule has 0 spiro atoms. The highest BCUT2D eigenvalue weighted by Crippen LogP contribution is 2.32. The average molecular weight is 448 g/mol. The summed E-state index contributed by atoms with van der Waals surface area (Å²) < 4.78 is 31.1. The molecule has 4 rings (SSSR count). The molecule has 1 aliphatic carbocycles. The summed E-state index contributed by atoms with van der Waals surface area (Å²) in [5, 5.41) is 0. The summed E-state index contributed by atoms with van der Waals surface area (Å²) >= 11 is 1.48. The Kier molecular flexibility index (Phi) is 5.97. The van der Waals surface area contributed by atoms with E-state index < -0.39 is 16.0 Å². The first kappa shape index (κ1) is 21.1. The Hall–Kier alpha value is -2.19. The van der Waals surface area contributed by atoms with E-state index in [4.69, 9.17) is 4.74 Å². The molecule has 0 fully saturated rings. The molecule has 0 amide bonds. The van der Waals surface area contributed by atoms with Crippen molar-refractivity contribution in [2.45, 2.75) is 45.4 Å². The van der Waals surface area contributed by atoms with E-state index in [0.29, 0.717) is 29.1 Å². The quantitative estimate of drug-likeness (QED) is 0.383. The van der Waals surface area contributed by atoms with Gasteiger partial charge in [-0.3, -0.25) is 9.10 Å². The molecule has 30 heavy (non-hydrogen) atoms. The number of sulfonamides is 1. The Morgan fingerprint density at radius 1 is 1.07 bits per heavy atom. The Morgan fingerprint density at radius 3 is 2.67 bits per heavy atom. The normalized spacial score (nSPS) is 16.0. The van der Waals surface area contributed by atoms with Gasteiger partial charge in [-0.1, -0.05) is 6.42 Å². The van der Waals surface area contributed by atoms with Gasteiger partial charge in [0.2, 0.25) is 10.0 Å². The van der Waals surface area contributed by atoms with E-state index in [-0.39, 0.29) is 18.1 Å². The molecular formula is C22H25NO5S2. The summed E-state index contributed by atoms with van der Waals surface area (Å²) in [4.78, 5) is 26.8. The number of aryl methyl sites for hydroxylation is 2. The summed E-state index contributed by atoms with van der Waals surface area (Å²) in [5.41, 5.74) is 3.12. The molecule has 2 aliphatic rings. The van der Waals surface area contributed by atoms with Crippen molar-refractivity contribution in [2.75, 3.05) is 23.2 Å². The van der Waals surface area contributed by atoms with Gasteiger partial charge in [0.25, 0.3) is 0 Å². The van der Waals surface area contributed by atoms with Crippen LogP contribution in [0.3, 0.4) is 0 Å². The van der Waals surface area contributed by atoms with Gasteiger partial charge in [0, 0.05) is 17.0 Å². The van der Waals surface area contributed by atoms with Crippen LogP contribution in [-0.2, 0) is 34.0 Å². The largest absolute Gasteiger partial charge is 0.453 e. The highest BCUT2D eigenvalue weighted by atomic mass is 32.2. The Labute approximate surface area is 180 Å². The minimum atomic E-state index is -3.32. The number of Topliss-reactive ketones (excluding diaryl/α,β-unsaturated/α-hetero) is 1. The maximum absolute atomic E-state index is 12.5. The van der Waals surface area contributed by atoms with E-state index in [1.54, 1.807) is 25.1 Å². The predicted octanol–water partition coefficient (Wildman–Crippen LogP) is 3.77. The zero-order chi connectivity index (χ0) is 21.3. The number of hydrogen-bond donors (Lipinski definition) is 0. The topological polar surface area (TPSA) is 80.8 Å². The SMILES string of the molecule is CCS(=O)(=O)N1CCc2cc(C(=O)COC(=O)c3cc4c(s3)CCCCC4)ccc21. The van der Waals surface area contributed by atoms with E-state index in [9.17, 15) is 18.0 Å². The number of thiophene rings is 1. The van der Waals surface area contributed by atoms with E-state index in [1.165, 1.54) is 32.5 Å². The van der Waals surface area contributed by atoms with Crippen molar-refractivity contribution in [3.05, 3.63) is 50.7 Å². The zero-order valence-electron chi connectivity index (χ0n) is 17.0. The minimum Gasteiger partial charge on any atom is -0.453 e. The van der Waals surface area contributed by atoms with Crippen molar-refractivity contribution >= 4 is 38.8 Å². The number of nitrogens with zero attached hydrogens (tertiary/aromatic N) is 1. The second kappa shape index (κ2) is 8.51. The lowest BCUT2D eigenvalue weighted by Gasteiger charge is -2.18. The fraction of sp³-hybridized carbons (Fsp3) is 0.455. The molecule has 0 N–H and O–H groups in total. The first-order valence-corrected chi connectivity index (χ1v) is 12.8. The molecule has 1 aliphatic heterocycles. The average Bonchev–Trinajstić information content (AvgIpc) is 3.30. The van der Waals surface area contributed by atoms with E-state index >= 15 is 0 Å². The first-order valence-electron chi connectivity index (χ1n) is 10.3. The molecule has 0 saturated carbocycles. The van der Waals surface area contributed by atoms with Crippen LogP contribution in [0.25, 0.3) is 0 Å². The summed E-state index contributed by atoms with van der Waals surface area (Å²) in [6, 6.07) is 6.90. The second-order valence-corrected chi connectivity index (χ2v) is 11.0. The number of fused-ring (bicyclic) bond motifs is 2. The lowest BCUT2D eigenvalue weighted by Crippen LogP contribution is -2.30. The van der Waals surface area contributed by atoms with Crippen LogP contribution in [-0.4, -0.2) is 39.1 Å². The van der Waals surface area contributed by atoms with Crippen LogP contribution in [0.15, 0.2) is 24.3 Å². The van der Waals surface area contributed by atoms with Crippen LogP contribution < -0.4 is 4.31 Å². The van der Waals surface area contributed by atoms with E-state index in [1.807, 2.05) is 6.07 Å². The molecule has 0 radical (unpaired) electrons. The van der Waals surface area contributed by atoms with Crippen molar-refractivity contribution in [1.29, 1.82) is 0 Å². The number of carbonyl (C=O) groups excluding carboxylic acids is 2. The molecule has 2 heterocycles. The van der Waals surface area contributed by atoms with Crippen LogP contribution in [0.2, 0.25) is 0 Å². The predicted molar refractivity (Wildman–Crippen MR) is 117 cm³/mol. The fourth-order valence-electron chi connectivity index (χ4n) is 4.04. The number of ether oxygens (including phenoxy) is 1.